The second kappa shape index (κ2) is 4.16. The van der Waals surface area contributed by atoms with E-state index >= 15 is 0 Å². The Morgan fingerprint density at radius 2 is 1.69 bits per heavy atom. The van der Waals surface area contributed by atoms with Gasteiger partial charge in [0.15, 0.2) is 0 Å². The Labute approximate surface area is 84.7 Å². The molecule has 13 heavy (non-hydrogen) atoms. The Balaban J connectivity index is 2.70. The highest BCUT2D eigenvalue weighted by Gasteiger charge is 2.11. The molecule has 0 heterocycles. The minimum Gasteiger partial charge on any atom is -0.326 e. The van der Waals surface area contributed by atoms with Crippen molar-refractivity contribution in [2.24, 2.45) is 5.73 Å². The van der Waals surface area contributed by atoms with Gasteiger partial charge in [-0.2, -0.15) is 0 Å². The van der Waals surface area contributed by atoms with Crippen LogP contribution in [0.25, 0.3) is 0 Å². The fraction of sp³-hybridized carbons (Fsp3) is 0.455. The zero-order valence-electron chi connectivity index (χ0n) is 8.50. The summed E-state index contributed by atoms with van der Waals surface area (Å²) in [5, 5.41) is 0. The Morgan fingerprint density at radius 1 is 1.15 bits per heavy atom. The van der Waals surface area contributed by atoms with E-state index < -0.39 is 0 Å². The summed E-state index contributed by atoms with van der Waals surface area (Å²) in [5.41, 5.74) is 6.71. The lowest BCUT2D eigenvalue weighted by Crippen LogP contribution is -2.06. The average Bonchev–Trinajstić information content (AvgIpc) is 2.03. The first-order valence-corrected chi connectivity index (χ1v) is 5.31. The fourth-order valence-corrected chi connectivity index (χ4v) is 2.03. The quantitative estimate of drug-likeness (QED) is 0.734. The summed E-state index contributed by atoms with van der Waals surface area (Å²) >= 11 is 1.88. The van der Waals surface area contributed by atoms with Gasteiger partial charge >= 0.3 is 0 Å². The van der Waals surface area contributed by atoms with Crippen LogP contribution in [0.3, 0.4) is 0 Å². The molecule has 0 spiro atoms. The molecule has 0 unspecified atom stereocenters. The number of nitrogens with two attached hydrogens (primary N) is 1. The highest BCUT2D eigenvalue weighted by atomic mass is 32.2. The molecule has 1 aromatic carbocycles. The van der Waals surface area contributed by atoms with Crippen molar-refractivity contribution in [3.8, 4) is 0 Å². The summed E-state index contributed by atoms with van der Waals surface area (Å²) in [7, 11) is 0. The SMILES string of the molecule is CC(C)(C)Sc1ccc(CN)cc1. The van der Waals surface area contributed by atoms with E-state index in [2.05, 4.69) is 45.0 Å². The van der Waals surface area contributed by atoms with Gasteiger partial charge < -0.3 is 5.73 Å². The van der Waals surface area contributed by atoms with Crippen LogP contribution in [-0.4, -0.2) is 4.75 Å². The molecule has 0 saturated heterocycles. The van der Waals surface area contributed by atoms with Crippen LogP contribution in [0.15, 0.2) is 29.2 Å². The van der Waals surface area contributed by atoms with Crippen molar-refractivity contribution in [1.82, 2.24) is 0 Å². The van der Waals surface area contributed by atoms with Gasteiger partial charge in [-0.1, -0.05) is 32.9 Å². The van der Waals surface area contributed by atoms with Crippen molar-refractivity contribution in [2.75, 3.05) is 0 Å². The lowest BCUT2D eigenvalue weighted by molar-refractivity contribution is 0.803. The summed E-state index contributed by atoms with van der Waals surface area (Å²) in [6, 6.07) is 8.46. The zero-order chi connectivity index (χ0) is 9.90. The van der Waals surface area contributed by atoms with E-state index in [0.29, 0.717) is 6.54 Å². The van der Waals surface area contributed by atoms with E-state index in [4.69, 9.17) is 5.73 Å². The Kier molecular flexibility index (Phi) is 3.40. The van der Waals surface area contributed by atoms with Crippen LogP contribution < -0.4 is 5.73 Å². The van der Waals surface area contributed by atoms with Crippen molar-refractivity contribution >= 4 is 11.8 Å². The summed E-state index contributed by atoms with van der Waals surface area (Å²) in [6.07, 6.45) is 0. The van der Waals surface area contributed by atoms with Gasteiger partial charge in [0.25, 0.3) is 0 Å². The van der Waals surface area contributed by atoms with Gasteiger partial charge in [-0.05, 0) is 17.7 Å². The number of hydrogen-bond acceptors (Lipinski definition) is 2. The summed E-state index contributed by atoms with van der Waals surface area (Å²) in [4.78, 5) is 1.31. The number of rotatable bonds is 2. The Bertz CT molecular complexity index is 258. The highest BCUT2D eigenvalue weighted by molar-refractivity contribution is 8.00. The van der Waals surface area contributed by atoms with E-state index in [1.165, 1.54) is 10.5 Å². The molecule has 0 aliphatic heterocycles. The van der Waals surface area contributed by atoms with E-state index in [9.17, 15) is 0 Å². The highest BCUT2D eigenvalue weighted by Crippen LogP contribution is 2.31. The van der Waals surface area contributed by atoms with Crippen molar-refractivity contribution in [1.29, 1.82) is 0 Å². The van der Waals surface area contributed by atoms with Gasteiger partial charge in [0.2, 0.25) is 0 Å². The van der Waals surface area contributed by atoms with E-state index in [1.807, 2.05) is 11.8 Å². The maximum atomic E-state index is 5.52. The fourth-order valence-electron chi connectivity index (χ4n) is 1.05. The zero-order valence-corrected chi connectivity index (χ0v) is 9.32. The Morgan fingerprint density at radius 3 is 2.08 bits per heavy atom. The van der Waals surface area contributed by atoms with Gasteiger partial charge in [-0.3, -0.25) is 0 Å². The first-order chi connectivity index (χ1) is 6.01. The summed E-state index contributed by atoms with van der Waals surface area (Å²) in [5.74, 6) is 0. The third kappa shape index (κ3) is 3.83. The minimum absolute atomic E-state index is 0.282. The molecule has 0 radical (unpaired) electrons. The molecule has 0 aliphatic rings. The van der Waals surface area contributed by atoms with Gasteiger partial charge in [0.05, 0.1) is 0 Å². The number of thioether (sulfide) groups is 1. The van der Waals surface area contributed by atoms with Crippen LogP contribution in [0.2, 0.25) is 0 Å². The van der Waals surface area contributed by atoms with Gasteiger partial charge in [0, 0.05) is 16.2 Å². The van der Waals surface area contributed by atoms with Crippen molar-refractivity contribution < 1.29 is 0 Å². The van der Waals surface area contributed by atoms with Crippen LogP contribution in [-0.2, 0) is 6.54 Å². The van der Waals surface area contributed by atoms with E-state index in [1.54, 1.807) is 0 Å². The lowest BCUT2D eigenvalue weighted by atomic mass is 10.2. The topological polar surface area (TPSA) is 26.0 Å². The largest absolute Gasteiger partial charge is 0.326 e. The maximum Gasteiger partial charge on any atom is 0.0178 e. The second-order valence-electron chi connectivity index (χ2n) is 4.06. The van der Waals surface area contributed by atoms with Crippen molar-refractivity contribution in [2.45, 2.75) is 37.0 Å². The molecule has 0 aliphatic carbocycles. The van der Waals surface area contributed by atoms with Crippen LogP contribution in [0.4, 0.5) is 0 Å². The minimum atomic E-state index is 0.282. The molecular formula is C11H17NS. The van der Waals surface area contributed by atoms with Crippen molar-refractivity contribution in [3.63, 3.8) is 0 Å². The predicted octanol–water partition coefficient (Wildman–Crippen LogP) is 3.04. The maximum absolute atomic E-state index is 5.52. The molecule has 2 heteroatoms. The van der Waals surface area contributed by atoms with Gasteiger partial charge in [-0.25, -0.2) is 0 Å². The van der Waals surface area contributed by atoms with Gasteiger partial charge in [-0.15, -0.1) is 11.8 Å². The molecule has 0 atom stereocenters. The van der Waals surface area contributed by atoms with Crippen LogP contribution in [0, 0.1) is 0 Å². The molecule has 1 rings (SSSR count). The lowest BCUT2D eigenvalue weighted by Gasteiger charge is -2.17. The molecule has 1 aromatic rings. The first-order valence-electron chi connectivity index (χ1n) is 4.49. The van der Waals surface area contributed by atoms with E-state index in [-0.39, 0.29) is 4.75 Å². The second-order valence-corrected chi connectivity index (χ2v) is 5.96. The first kappa shape index (κ1) is 10.6. The molecule has 0 amide bonds. The third-order valence-corrected chi connectivity index (χ3v) is 2.70. The van der Waals surface area contributed by atoms with Crippen LogP contribution in [0.5, 0.6) is 0 Å². The summed E-state index contributed by atoms with van der Waals surface area (Å²) < 4.78 is 0.282. The van der Waals surface area contributed by atoms with Crippen LogP contribution in [0.1, 0.15) is 26.3 Å². The Hall–Kier alpha value is -0.470. The molecule has 0 saturated carbocycles. The number of hydrogen-bond donors (Lipinski definition) is 1. The summed E-state index contributed by atoms with van der Waals surface area (Å²) in [6.45, 7) is 7.28. The molecule has 72 valence electrons. The molecule has 1 nitrogen and oxygen atoms in total. The van der Waals surface area contributed by atoms with E-state index in [0.717, 1.165) is 0 Å². The van der Waals surface area contributed by atoms with Gasteiger partial charge in [0.1, 0.15) is 0 Å². The predicted molar refractivity (Wildman–Crippen MR) is 59.9 cm³/mol. The molecule has 0 fully saturated rings. The van der Waals surface area contributed by atoms with Crippen LogP contribution >= 0.6 is 11.8 Å². The van der Waals surface area contributed by atoms with Crippen molar-refractivity contribution in [3.05, 3.63) is 29.8 Å². The molecular weight excluding hydrogens is 178 g/mol. The number of benzene rings is 1. The average molecular weight is 195 g/mol. The smallest absolute Gasteiger partial charge is 0.0178 e. The molecule has 0 bridgehead atoms. The molecule has 0 aromatic heterocycles. The third-order valence-electron chi connectivity index (χ3n) is 1.58. The monoisotopic (exact) mass is 195 g/mol. The molecule has 2 N–H and O–H groups in total. The normalized spacial score (nSPS) is 11.7. The standard InChI is InChI=1S/C11H17NS/c1-11(2,3)13-10-6-4-9(8-12)5-7-10/h4-7H,8,12H2,1-3H3.